The Morgan fingerprint density at radius 3 is 2.86 bits per heavy atom. The first-order valence-corrected chi connectivity index (χ1v) is 5.59. The third-order valence-corrected chi connectivity index (χ3v) is 3.07. The van der Waals surface area contributed by atoms with Gasteiger partial charge in [0.05, 0.1) is 5.39 Å². The fourth-order valence-electron chi connectivity index (χ4n) is 1.55. The van der Waals surface area contributed by atoms with Gasteiger partial charge in [-0.05, 0) is 42.5 Å². The summed E-state index contributed by atoms with van der Waals surface area (Å²) in [5.41, 5.74) is 7.69. The van der Waals surface area contributed by atoms with E-state index in [0.29, 0.717) is 6.04 Å². The number of pyridine rings is 1. The molecular weight excluding hydrogens is 289 g/mol. The van der Waals surface area contributed by atoms with E-state index in [9.17, 15) is 0 Å². The molecule has 2 heterocycles. The Morgan fingerprint density at radius 2 is 2.21 bits per heavy atom. The number of nitrogens with zero attached hydrogens (tertiary/aromatic N) is 2. The number of halogens is 1. The predicted molar refractivity (Wildman–Crippen MR) is 67.2 cm³/mol. The van der Waals surface area contributed by atoms with Crippen molar-refractivity contribution in [1.82, 2.24) is 9.55 Å². The van der Waals surface area contributed by atoms with Crippen molar-refractivity contribution >= 4 is 39.3 Å². The van der Waals surface area contributed by atoms with Crippen LogP contribution in [0.1, 0.15) is 19.9 Å². The molecule has 74 valence electrons. The van der Waals surface area contributed by atoms with Gasteiger partial charge in [-0.25, -0.2) is 4.98 Å². The Balaban J connectivity index is 2.84. The highest BCUT2D eigenvalue weighted by Gasteiger charge is 2.11. The van der Waals surface area contributed by atoms with E-state index in [-0.39, 0.29) is 0 Å². The van der Waals surface area contributed by atoms with Crippen LogP contribution in [0.15, 0.2) is 18.5 Å². The molecule has 2 N–H and O–H groups in total. The molecule has 0 bridgehead atoms. The second-order valence-corrected chi connectivity index (χ2v) is 4.74. The number of anilines is 1. The summed E-state index contributed by atoms with van der Waals surface area (Å²) in [6.45, 7) is 4.28. The minimum atomic E-state index is 0.412. The van der Waals surface area contributed by atoms with Crippen LogP contribution in [0.4, 0.5) is 5.69 Å². The quantitative estimate of drug-likeness (QED) is 0.823. The van der Waals surface area contributed by atoms with Crippen LogP contribution < -0.4 is 5.73 Å². The van der Waals surface area contributed by atoms with E-state index in [0.717, 1.165) is 20.3 Å². The van der Waals surface area contributed by atoms with Gasteiger partial charge in [-0.2, -0.15) is 0 Å². The van der Waals surface area contributed by atoms with Gasteiger partial charge in [-0.15, -0.1) is 0 Å². The number of nitrogens with two attached hydrogens (primary N) is 1. The van der Waals surface area contributed by atoms with Crippen LogP contribution in [0, 0.1) is 3.57 Å². The van der Waals surface area contributed by atoms with Gasteiger partial charge in [0.15, 0.2) is 0 Å². The second-order valence-electron chi connectivity index (χ2n) is 3.58. The molecule has 0 aliphatic carbocycles. The van der Waals surface area contributed by atoms with Gasteiger partial charge in [-0.3, -0.25) is 0 Å². The summed E-state index contributed by atoms with van der Waals surface area (Å²) in [4.78, 5) is 4.36. The highest BCUT2D eigenvalue weighted by Crippen LogP contribution is 2.28. The van der Waals surface area contributed by atoms with Crippen LogP contribution in [0.3, 0.4) is 0 Å². The van der Waals surface area contributed by atoms with Crippen LogP contribution in [-0.4, -0.2) is 9.55 Å². The standard InChI is InChI=1S/C10H12IN3/c1-6(2)14-5-7(11)9-8(12)3-4-13-10(9)14/h3-6H,1-2H3,(H2,12,13). The normalized spacial score (nSPS) is 11.4. The minimum absolute atomic E-state index is 0.412. The molecule has 0 unspecified atom stereocenters. The summed E-state index contributed by atoms with van der Waals surface area (Å²) >= 11 is 2.30. The van der Waals surface area contributed by atoms with Crippen molar-refractivity contribution in [2.45, 2.75) is 19.9 Å². The van der Waals surface area contributed by atoms with E-state index in [2.05, 4.69) is 52.2 Å². The number of rotatable bonds is 1. The van der Waals surface area contributed by atoms with Gasteiger partial charge in [-0.1, -0.05) is 0 Å². The van der Waals surface area contributed by atoms with E-state index in [1.807, 2.05) is 6.07 Å². The molecule has 0 aliphatic heterocycles. The molecule has 0 atom stereocenters. The van der Waals surface area contributed by atoms with Crippen molar-refractivity contribution in [3.63, 3.8) is 0 Å². The molecule has 0 radical (unpaired) electrons. The van der Waals surface area contributed by atoms with E-state index in [1.54, 1.807) is 6.20 Å². The maximum Gasteiger partial charge on any atom is 0.143 e. The maximum atomic E-state index is 5.91. The summed E-state index contributed by atoms with van der Waals surface area (Å²) in [7, 11) is 0. The molecule has 0 saturated carbocycles. The van der Waals surface area contributed by atoms with Crippen molar-refractivity contribution in [2.24, 2.45) is 0 Å². The van der Waals surface area contributed by atoms with Gasteiger partial charge in [0, 0.05) is 27.7 Å². The Morgan fingerprint density at radius 1 is 1.50 bits per heavy atom. The maximum absolute atomic E-state index is 5.91. The third kappa shape index (κ3) is 1.37. The Kier molecular flexibility index (Phi) is 2.38. The van der Waals surface area contributed by atoms with Gasteiger partial charge in [0.2, 0.25) is 0 Å². The number of nitrogen functional groups attached to an aromatic ring is 1. The Hall–Kier alpha value is -0.780. The highest BCUT2D eigenvalue weighted by atomic mass is 127. The van der Waals surface area contributed by atoms with Gasteiger partial charge in [0.25, 0.3) is 0 Å². The largest absolute Gasteiger partial charge is 0.398 e. The summed E-state index contributed by atoms with van der Waals surface area (Å²) in [6, 6.07) is 2.25. The third-order valence-electron chi connectivity index (χ3n) is 2.26. The lowest BCUT2D eigenvalue weighted by atomic mass is 10.3. The molecule has 0 fully saturated rings. The zero-order valence-electron chi connectivity index (χ0n) is 8.16. The number of hydrogen-bond donors (Lipinski definition) is 1. The van der Waals surface area contributed by atoms with Crippen LogP contribution >= 0.6 is 22.6 Å². The number of fused-ring (bicyclic) bond motifs is 1. The molecule has 0 saturated heterocycles. The monoisotopic (exact) mass is 301 g/mol. The molecule has 4 heteroatoms. The van der Waals surface area contributed by atoms with Crippen LogP contribution in [0.25, 0.3) is 11.0 Å². The lowest BCUT2D eigenvalue weighted by Gasteiger charge is -2.07. The zero-order valence-corrected chi connectivity index (χ0v) is 10.3. The average molecular weight is 301 g/mol. The molecule has 3 nitrogen and oxygen atoms in total. The molecule has 2 aromatic heterocycles. The SMILES string of the molecule is CC(C)n1cc(I)c2c(N)ccnc21. The highest BCUT2D eigenvalue weighted by molar-refractivity contribution is 14.1. The molecule has 2 aromatic rings. The number of hydrogen-bond acceptors (Lipinski definition) is 2. The number of aromatic nitrogens is 2. The smallest absolute Gasteiger partial charge is 0.143 e. The van der Waals surface area contributed by atoms with E-state index in [4.69, 9.17) is 5.73 Å². The summed E-state index contributed by atoms with van der Waals surface area (Å²) in [5, 5.41) is 1.07. The van der Waals surface area contributed by atoms with E-state index in [1.165, 1.54) is 0 Å². The van der Waals surface area contributed by atoms with Gasteiger partial charge < -0.3 is 10.3 Å². The Labute approximate surface area is 96.4 Å². The first-order valence-electron chi connectivity index (χ1n) is 4.51. The van der Waals surface area contributed by atoms with Crippen molar-refractivity contribution in [3.05, 3.63) is 22.0 Å². The van der Waals surface area contributed by atoms with Crippen LogP contribution in [0.5, 0.6) is 0 Å². The molecule has 0 amide bonds. The molecule has 2 rings (SSSR count). The molecule has 0 spiro atoms. The lowest BCUT2D eigenvalue weighted by Crippen LogP contribution is -1.99. The topological polar surface area (TPSA) is 43.8 Å². The minimum Gasteiger partial charge on any atom is -0.398 e. The average Bonchev–Trinajstić information content (AvgIpc) is 2.45. The molecule has 14 heavy (non-hydrogen) atoms. The Bertz CT molecular complexity index is 473. The molecular formula is C10H12IN3. The summed E-state index contributed by atoms with van der Waals surface area (Å²) < 4.78 is 3.31. The van der Waals surface area contributed by atoms with Crippen molar-refractivity contribution in [3.8, 4) is 0 Å². The van der Waals surface area contributed by atoms with Gasteiger partial charge in [0.1, 0.15) is 5.65 Å². The van der Waals surface area contributed by atoms with E-state index >= 15 is 0 Å². The fourth-order valence-corrected chi connectivity index (χ4v) is 2.40. The summed E-state index contributed by atoms with van der Waals surface area (Å²) in [5.74, 6) is 0. The first kappa shape index (κ1) is 9.76. The molecule has 0 aliphatic rings. The van der Waals surface area contributed by atoms with Crippen molar-refractivity contribution in [2.75, 3.05) is 5.73 Å². The van der Waals surface area contributed by atoms with Crippen LogP contribution in [-0.2, 0) is 0 Å². The van der Waals surface area contributed by atoms with Crippen molar-refractivity contribution in [1.29, 1.82) is 0 Å². The fraction of sp³-hybridized carbons (Fsp3) is 0.300. The van der Waals surface area contributed by atoms with Crippen LogP contribution in [0.2, 0.25) is 0 Å². The van der Waals surface area contributed by atoms with Crippen molar-refractivity contribution < 1.29 is 0 Å². The zero-order chi connectivity index (χ0) is 10.3. The predicted octanol–water partition coefficient (Wildman–Crippen LogP) is 2.80. The summed E-state index contributed by atoms with van der Waals surface area (Å²) in [6.07, 6.45) is 3.85. The molecule has 0 aromatic carbocycles. The lowest BCUT2D eigenvalue weighted by molar-refractivity contribution is 0.617. The first-order chi connectivity index (χ1) is 6.61. The second kappa shape index (κ2) is 3.42. The van der Waals surface area contributed by atoms with E-state index < -0.39 is 0 Å². The van der Waals surface area contributed by atoms with Gasteiger partial charge >= 0.3 is 0 Å².